The van der Waals surface area contributed by atoms with E-state index in [1.165, 1.54) is 31.4 Å². The van der Waals surface area contributed by atoms with E-state index in [1.807, 2.05) is 30.3 Å². The molecule has 0 unspecified atom stereocenters. The second-order valence-electron chi connectivity index (χ2n) is 4.26. The molecule has 0 aliphatic carbocycles. The van der Waals surface area contributed by atoms with Crippen molar-refractivity contribution in [2.75, 3.05) is 7.11 Å². The number of rotatable bonds is 5. The topological polar surface area (TPSA) is 78.7 Å². The third-order valence-electron chi connectivity index (χ3n) is 2.78. The van der Waals surface area contributed by atoms with Crippen LogP contribution in [-0.4, -0.2) is 18.0 Å². The molecule has 6 nitrogen and oxygen atoms in total. The van der Waals surface area contributed by atoms with Crippen molar-refractivity contribution in [2.45, 2.75) is 0 Å². The Morgan fingerprint density at radius 2 is 1.91 bits per heavy atom. The molecule has 6 heteroatoms. The smallest absolute Gasteiger partial charge is 0.336 e. The number of ether oxygens (including phenoxy) is 2. The second kappa shape index (κ2) is 7.03. The van der Waals surface area contributed by atoms with Gasteiger partial charge < -0.3 is 9.47 Å². The zero-order valence-electron chi connectivity index (χ0n) is 11.8. The summed E-state index contributed by atoms with van der Waals surface area (Å²) >= 11 is 0. The molecule has 112 valence electrons. The molecule has 0 bridgehead atoms. The van der Waals surface area contributed by atoms with E-state index in [2.05, 4.69) is 0 Å². The number of benzene rings is 2. The summed E-state index contributed by atoms with van der Waals surface area (Å²) in [5, 5.41) is 11.0. The van der Waals surface area contributed by atoms with E-state index >= 15 is 0 Å². The largest absolute Gasteiger partial charge is 0.496 e. The monoisotopic (exact) mass is 299 g/mol. The molecule has 0 fully saturated rings. The highest BCUT2D eigenvalue weighted by molar-refractivity contribution is 5.89. The molecule has 0 saturated carbocycles. The second-order valence-corrected chi connectivity index (χ2v) is 4.26. The van der Waals surface area contributed by atoms with Crippen molar-refractivity contribution < 1.29 is 19.2 Å². The highest BCUT2D eigenvalue weighted by Gasteiger charge is 2.18. The average molecular weight is 299 g/mol. The molecule has 0 heterocycles. The Balaban J connectivity index is 2.14. The maximum absolute atomic E-state index is 11.8. The standard InChI is InChI=1S/C16H13NO5/c1-21-13-8-9-15(14(11-13)17(19)20)22-16(18)10-7-12-5-3-2-4-6-12/h2-11H,1H3. The first-order valence-electron chi connectivity index (χ1n) is 6.37. The lowest BCUT2D eigenvalue weighted by atomic mass is 10.2. The van der Waals surface area contributed by atoms with Gasteiger partial charge in [-0.05, 0) is 23.8 Å². The number of carbonyl (C=O) groups is 1. The third kappa shape index (κ3) is 3.92. The minimum atomic E-state index is -0.697. The third-order valence-corrected chi connectivity index (χ3v) is 2.78. The summed E-state index contributed by atoms with van der Waals surface area (Å²) in [6.45, 7) is 0. The van der Waals surface area contributed by atoms with Gasteiger partial charge in [-0.3, -0.25) is 10.1 Å². The molecule has 0 spiro atoms. The van der Waals surface area contributed by atoms with Crippen LogP contribution < -0.4 is 9.47 Å². The number of methoxy groups -OCH3 is 1. The van der Waals surface area contributed by atoms with Crippen molar-refractivity contribution in [3.8, 4) is 11.5 Å². The minimum Gasteiger partial charge on any atom is -0.496 e. The average Bonchev–Trinajstić information content (AvgIpc) is 2.54. The summed E-state index contributed by atoms with van der Waals surface area (Å²) in [6.07, 6.45) is 2.78. The van der Waals surface area contributed by atoms with Crippen molar-refractivity contribution >= 4 is 17.7 Å². The summed E-state index contributed by atoms with van der Waals surface area (Å²) in [6, 6.07) is 13.2. The Labute approximate surface area is 126 Å². The van der Waals surface area contributed by atoms with Gasteiger partial charge in [0.05, 0.1) is 18.1 Å². The zero-order valence-corrected chi connectivity index (χ0v) is 11.8. The van der Waals surface area contributed by atoms with Gasteiger partial charge in [0, 0.05) is 6.08 Å². The molecule has 22 heavy (non-hydrogen) atoms. The summed E-state index contributed by atoms with van der Waals surface area (Å²) in [5.74, 6) is -0.517. The predicted octanol–water partition coefficient (Wildman–Crippen LogP) is 3.22. The van der Waals surface area contributed by atoms with Gasteiger partial charge in [0.2, 0.25) is 5.75 Å². The number of carbonyl (C=O) groups excluding carboxylic acids is 1. The molecule has 0 N–H and O–H groups in total. The van der Waals surface area contributed by atoms with Crippen molar-refractivity contribution in [1.29, 1.82) is 0 Å². The Kier molecular flexibility index (Phi) is 4.87. The number of nitro benzene ring substituents is 1. The summed E-state index contributed by atoms with van der Waals surface area (Å²) in [5.41, 5.74) is 0.490. The van der Waals surface area contributed by atoms with Gasteiger partial charge in [0.1, 0.15) is 5.75 Å². The molecule has 0 saturated heterocycles. The van der Waals surface area contributed by atoms with Crippen LogP contribution in [0.5, 0.6) is 11.5 Å². The van der Waals surface area contributed by atoms with E-state index in [-0.39, 0.29) is 11.4 Å². The van der Waals surface area contributed by atoms with Crippen molar-refractivity contribution in [2.24, 2.45) is 0 Å². The fourth-order valence-corrected chi connectivity index (χ4v) is 1.72. The van der Waals surface area contributed by atoms with E-state index in [0.717, 1.165) is 5.56 Å². The Hall–Kier alpha value is -3.15. The molecule has 0 aliphatic rings. The lowest BCUT2D eigenvalue weighted by molar-refractivity contribution is -0.385. The SMILES string of the molecule is COc1ccc(OC(=O)C=Cc2ccccc2)c([N+](=O)[O-])c1. The van der Waals surface area contributed by atoms with Gasteiger partial charge >= 0.3 is 11.7 Å². The van der Waals surface area contributed by atoms with Crippen LogP contribution in [0.3, 0.4) is 0 Å². The van der Waals surface area contributed by atoms with Gasteiger partial charge in [0.25, 0.3) is 0 Å². The molecule has 0 atom stereocenters. The summed E-state index contributed by atoms with van der Waals surface area (Å²) < 4.78 is 9.92. The fourth-order valence-electron chi connectivity index (χ4n) is 1.72. The van der Waals surface area contributed by atoms with Crippen LogP contribution in [0.15, 0.2) is 54.6 Å². The Morgan fingerprint density at radius 3 is 2.55 bits per heavy atom. The highest BCUT2D eigenvalue weighted by Crippen LogP contribution is 2.31. The molecule has 0 aliphatic heterocycles. The van der Waals surface area contributed by atoms with Crippen LogP contribution in [-0.2, 0) is 4.79 Å². The predicted molar refractivity (Wildman–Crippen MR) is 80.8 cm³/mol. The number of nitrogens with zero attached hydrogens (tertiary/aromatic N) is 1. The highest BCUT2D eigenvalue weighted by atomic mass is 16.6. The molecular weight excluding hydrogens is 286 g/mol. The number of nitro groups is 1. The summed E-state index contributed by atoms with van der Waals surface area (Å²) in [4.78, 5) is 22.1. The maximum Gasteiger partial charge on any atom is 0.336 e. The van der Waals surface area contributed by atoms with Crippen LogP contribution in [0.4, 0.5) is 5.69 Å². The van der Waals surface area contributed by atoms with Crippen LogP contribution in [0.2, 0.25) is 0 Å². The lowest BCUT2D eigenvalue weighted by Crippen LogP contribution is -2.06. The van der Waals surface area contributed by atoms with E-state index < -0.39 is 10.9 Å². The van der Waals surface area contributed by atoms with Crippen molar-refractivity contribution in [3.05, 3.63) is 70.3 Å². The number of esters is 1. The molecule has 0 amide bonds. The molecule has 0 aromatic heterocycles. The molecule has 0 radical (unpaired) electrons. The molecule has 2 rings (SSSR count). The number of hydrogen-bond acceptors (Lipinski definition) is 5. The van der Waals surface area contributed by atoms with E-state index in [9.17, 15) is 14.9 Å². The first-order chi connectivity index (χ1) is 10.6. The van der Waals surface area contributed by atoms with Crippen LogP contribution in [0.1, 0.15) is 5.56 Å². The molecule has 2 aromatic rings. The Morgan fingerprint density at radius 1 is 1.18 bits per heavy atom. The van der Waals surface area contributed by atoms with Gasteiger partial charge in [0.15, 0.2) is 0 Å². The first kappa shape index (κ1) is 15.2. The minimum absolute atomic E-state index is 0.131. The van der Waals surface area contributed by atoms with Gasteiger partial charge in [-0.2, -0.15) is 0 Å². The lowest BCUT2D eigenvalue weighted by Gasteiger charge is -2.04. The van der Waals surface area contributed by atoms with Crippen molar-refractivity contribution in [3.63, 3.8) is 0 Å². The van der Waals surface area contributed by atoms with E-state index in [4.69, 9.17) is 9.47 Å². The first-order valence-corrected chi connectivity index (χ1v) is 6.37. The van der Waals surface area contributed by atoms with Crippen LogP contribution in [0, 0.1) is 10.1 Å². The molecule has 2 aromatic carbocycles. The summed E-state index contributed by atoms with van der Waals surface area (Å²) in [7, 11) is 1.40. The van der Waals surface area contributed by atoms with E-state index in [0.29, 0.717) is 5.75 Å². The Bertz CT molecular complexity index is 710. The fraction of sp³-hybridized carbons (Fsp3) is 0.0625. The van der Waals surface area contributed by atoms with Gasteiger partial charge in [-0.25, -0.2) is 4.79 Å². The normalized spacial score (nSPS) is 10.4. The number of hydrogen-bond donors (Lipinski definition) is 0. The van der Waals surface area contributed by atoms with Crippen molar-refractivity contribution in [1.82, 2.24) is 0 Å². The quantitative estimate of drug-likeness (QED) is 0.278. The molecular formula is C16H13NO5. The van der Waals surface area contributed by atoms with Gasteiger partial charge in [-0.15, -0.1) is 0 Å². The van der Waals surface area contributed by atoms with Gasteiger partial charge in [-0.1, -0.05) is 30.3 Å². The van der Waals surface area contributed by atoms with Crippen LogP contribution >= 0.6 is 0 Å². The van der Waals surface area contributed by atoms with E-state index in [1.54, 1.807) is 6.08 Å². The van der Waals surface area contributed by atoms with Crippen LogP contribution in [0.25, 0.3) is 6.08 Å². The zero-order chi connectivity index (χ0) is 15.9. The maximum atomic E-state index is 11.8.